The Balaban J connectivity index is 1.26. The first-order valence-electron chi connectivity index (χ1n) is 10.8. The minimum absolute atomic E-state index is 0.00981. The lowest BCUT2D eigenvalue weighted by molar-refractivity contribution is -0.384. The Bertz CT molecular complexity index is 1100. The van der Waals surface area contributed by atoms with Gasteiger partial charge in [0.1, 0.15) is 0 Å². The number of nitrogens with zero attached hydrogens (tertiary/aromatic N) is 5. The molecule has 10 nitrogen and oxygen atoms in total. The number of non-ortho nitro benzene ring substituents is 1. The fourth-order valence-corrected chi connectivity index (χ4v) is 3.72. The molecular weight excluding hydrogens is 424 g/mol. The molecule has 1 aliphatic rings. The van der Waals surface area contributed by atoms with Gasteiger partial charge in [0.15, 0.2) is 0 Å². The van der Waals surface area contributed by atoms with Gasteiger partial charge in [-0.05, 0) is 26.0 Å². The number of aromatic nitrogens is 2. The summed E-state index contributed by atoms with van der Waals surface area (Å²) in [5.74, 6) is 1.01. The van der Waals surface area contributed by atoms with Crippen molar-refractivity contribution in [3.63, 3.8) is 0 Å². The average Bonchev–Trinajstić information content (AvgIpc) is 3.28. The molecule has 0 bridgehead atoms. The van der Waals surface area contributed by atoms with Crippen molar-refractivity contribution in [2.75, 3.05) is 31.5 Å². The van der Waals surface area contributed by atoms with Crippen LogP contribution in [0.25, 0.3) is 11.4 Å². The van der Waals surface area contributed by atoms with Gasteiger partial charge in [0.2, 0.25) is 17.6 Å². The van der Waals surface area contributed by atoms with Gasteiger partial charge < -0.3 is 9.84 Å². The highest BCUT2D eigenvalue weighted by molar-refractivity contribution is 5.94. The molecule has 33 heavy (non-hydrogen) atoms. The predicted molar refractivity (Wildman–Crippen MR) is 123 cm³/mol. The highest BCUT2D eigenvalue weighted by atomic mass is 16.6. The third-order valence-electron chi connectivity index (χ3n) is 5.82. The maximum atomic E-state index is 12.6. The highest BCUT2D eigenvalue weighted by Gasteiger charge is 2.26. The summed E-state index contributed by atoms with van der Waals surface area (Å²) >= 11 is 0. The van der Waals surface area contributed by atoms with Crippen molar-refractivity contribution in [3.05, 3.63) is 70.1 Å². The van der Waals surface area contributed by atoms with Crippen LogP contribution in [0.2, 0.25) is 0 Å². The first-order valence-corrected chi connectivity index (χ1v) is 10.8. The fourth-order valence-electron chi connectivity index (χ4n) is 3.72. The summed E-state index contributed by atoms with van der Waals surface area (Å²) in [6.45, 7) is 7.47. The van der Waals surface area contributed by atoms with Crippen LogP contribution >= 0.6 is 0 Å². The number of carbonyl (C=O) groups is 1. The van der Waals surface area contributed by atoms with Gasteiger partial charge in [-0.25, -0.2) is 0 Å². The van der Waals surface area contributed by atoms with Crippen LogP contribution in [0.5, 0.6) is 0 Å². The van der Waals surface area contributed by atoms with E-state index >= 15 is 0 Å². The maximum Gasteiger partial charge on any atom is 0.269 e. The van der Waals surface area contributed by atoms with E-state index in [0.29, 0.717) is 23.9 Å². The third-order valence-corrected chi connectivity index (χ3v) is 5.82. The number of nitro benzene ring substituents is 1. The molecule has 10 heteroatoms. The van der Waals surface area contributed by atoms with Crippen molar-refractivity contribution in [2.45, 2.75) is 26.4 Å². The van der Waals surface area contributed by atoms with Crippen molar-refractivity contribution in [1.82, 2.24) is 19.9 Å². The van der Waals surface area contributed by atoms with E-state index < -0.39 is 4.92 Å². The summed E-state index contributed by atoms with van der Waals surface area (Å²) < 4.78 is 5.43. The summed E-state index contributed by atoms with van der Waals surface area (Å²) in [5.41, 5.74) is 2.63. The van der Waals surface area contributed by atoms with E-state index in [-0.39, 0.29) is 17.6 Å². The maximum absolute atomic E-state index is 12.6. The molecule has 1 atom stereocenters. The first kappa shape index (κ1) is 22.6. The summed E-state index contributed by atoms with van der Waals surface area (Å²) in [6.07, 6.45) is 0. The molecule has 1 fully saturated rings. The van der Waals surface area contributed by atoms with Crippen molar-refractivity contribution in [3.8, 4) is 11.4 Å². The number of nitrogens with one attached hydrogen (secondary N) is 1. The lowest BCUT2D eigenvalue weighted by Crippen LogP contribution is -2.52. The van der Waals surface area contributed by atoms with E-state index in [2.05, 4.69) is 25.3 Å². The molecule has 2 aromatic carbocycles. The Labute approximate surface area is 191 Å². The van der Waals surface area contributed by atoms with Crippen LogP contribution in [0.3, 0.4) is 0 Å². The lowest BCUT2D eigenvalue weighted by atomic mass is 10.1. The molecule has 1 N–H and O–H groups in total. The molecule has 4 rings (SSSR count). The second-order valence-corrected chi connectivity index (χ2v) is 8.16. The Morgan fingerprint density at radius 2 is 1.79 bits per heavy atom. The molecule has 0 aliphatic carbocycles. The Morgan fingerprint density at radius 3 is 2.42 bits per heavy atom. The molecule has 1 aromatic heterocycles. The number of benzene rings is 2. The predicted octanol–water partition coefficient (Wildman–Crippen LogP) is 3.10. The standard InChI is InChI=1S/C23H26N6O4/c1-16-3-5-18(6-4-16)22-25-21(33-26-22)15-27-11-13-28(14-12-27)17(2)23(30)24-19-7-9-20(10-8-19)29(31)32/h3-10,17H,11-15H2,1-2H3,(H,24,30). The SMILES string of the molecule is Cc1ccc(-c2noc(CN3CCN(C(C)C(=O)Nc4ccc([N+](=O)[O-])cc4)CC3)n2)cc1. The quantitative estimate of drug-likeness (QED) is 0.431. The second kappa shape index (κ2) is 9.88. The van der Waals surface area contributed by atoms with Crippen LogP contribution in [-0.2, 0) is 11.3 Å². The van der Waals surface area contributed by atoms with Gasteiger partial charge in [-0.15, -0.1) is 0 Å². The smallest absolute Gasteiger partial charge is 0.269 e. The van der Waals surface area contributed by atoms with E-state index in [4.69, 9.17) is 4.52 Å². The number of hydrogen-bond donors (Lipinski definition) is 1. The van der Waals surface area contributed by atoms with E-state index in [9.17, 15) is 14.9 Å². The Kier molecular flexibility index (Phi) is 6.76. The largest absolute Gasteiger partial charge is 0.338 e. The third kappa shape index (κ3) is 5.60. The molecular formula is C23H26N6O4. The van der Waals surface area contributed by atoms with Gasteiger partial charge in [0.25, 0.3) is 5.69 Å². The number of anilines is 1. The molecule has 1 amide bonds. The zero-order chi connectivity index (χ0) is 23.4. The minimum atomic E-state index is -0.467. The highest BCUT2D eigenvalue weighted by Crippen LogP contribution is 2.19. The molecule has 3 aromatic rings. The Hall–Kier alpha value is -3.63. The molecule has 172 valence electrons. The number of amides is 1. The lowest BCUT2D eigenvalue weighted by Gasteiger charge is -2.36. The molecule has 1 unspecified atom stereocenters. The summed E-state index contributed by atoms with van der Waals surface area (Å²) in [6, 6.07) is 13.5. The summed E-state index contributed by atoms with van der Waals surface area (Å²) in [4.78, 5) is 31.8. The molecule has 1 aliphatic heterocycles. The van der Waals surface area contributed by atoms with E-state index in [1.807, 2.05) is 38.1 Å². The number of carbonyl (C=O) groups excluding carboxylic acids is 1. The topological polar surface area (TPSA) is 118 Å². The van der Waals surface area contributed by atoms with Crippen molar-refractivity contribution in [2.24, 2.45) is 0 Å². The second-order valence-electron chi connectivity index (χ2n) is 8.16. The zero-order valence-electron chi connectivity index (χ0n) is 18.6. The number of aryl methyl sites for hydroxylation is 1. The van der Waals surface area contributed by atoms with Gasteiger partial charge >= 0.3 is 0 Å². The van der Waals surface area contributed by atoms with Gasteiger partial charge in [-0.3, -0.25) is 24.7 Å². The van der Waals surface area contributed by atoms with Gasteiger partial charge in [0.05, 0.1) is 17.5 Å². The van der Waals surface area contributed by atoms with E-state index in [1.54, 1.807) is 0 Å². The van der Waals surface area contributed by atoms with Gasteiger partial charge in [-0.1, -0.05) is 35.0 Å². The van der Waals surface area contributed by atoms with Crippen molar-refractivity contribution >= 4 is 17.3 Å². The fraction of sp³-hybridized carbons (Fsp3) is 0.348. The number of hydrogen-bond acceptors (Lipinski definition) is 8. The summed E-state index contributed by atoms with van der Waals surface area (Å²) in [5, 5.41) is 17.7. The van der Waals surface area contributed by atoms with Gasteiger partial charge in [0, 0.05) is 49.6 Å². The zero-order valence-corrected chi connectivity index (χ0v) is 18.6. The number of rotatable bonds is 7. The van der Waals surface area contributed by atoms with E-state index in [1.165, 1.54) is 29.8 Å². The van der Waals surface area contributed by atoms with Crippen LogP contribution in [0.1, 0.15) is 18.4 Å². The van der Waals surface area contributed by atoms with Crippen molar-refractivity contribution in [1.29, 1.82) is 0 Å². The monoisotopic (exact) mass is 450 g/mol. The molecule has 0 spiro atoms. The molecule has 0 saturated carbocycles. The van der Waals surface area contributed by atoms with Crippen LogP contribution < -0.4 is 5.32 Å². The molecule has 1 saturated heterocycles. The number of nitro groups is 1. The minimum Gasteiger partial charge on any atom is -0.338 e. The van der Waals surface area contributed by atoms with E-state index in [0.717, 1.165) is 31.7 Å². The van der Waals surface area contributed by atoms with Crippen LogP contribution in [0.15, 0.2) is 53.1 Å². The van der Waals surface area contributed by atoms with Gasteiger partial charge in [-0.2, -0.15) is 4.98 Å². The normalized spacial score (nSPS) is 15.8. The Morgan fingerprint density at radius 1 is 1.12 bits per heavy atom. The first-order chi connectivity index (χ1) is 15.9. The van der Waals surface area contributed by atoms with Crippen LogP contribution in [0, 0.1) is 17.0 Å². The van der Waals surface area contributed by atoms with Crippen LogP contribution in [-0.4, -0.2) is 63.0 Å². The summed E-state index contributed by atoms with van der Waals surface area (Å²) in [7, 11) is 0. The molecule has 2 heterocycles. The molecule has 0 radical (unpaired) electrons. The average molecular weight is 450 g/mol. The van der Waals surface area contributed by atoms with Crippen molar-refractivity contribution < 1.29 is 14.2 Å². The number of piperazine rings is 1. The van der Waals surface area contributed by atoms with Crippen LogP contribution in [0.4, 0.5) is 11.4 Å².